The Morgan fingerprint density at radius 3 is 1.12 bits per heavy atom. The van der Waals surface area contributed by atoms with Gasteiger partial charge in [0.05, 0.1) is 38.6 Å². The Hall–Kier alpha value is -1.73. The zero-order chi connectivity index (χ0) is 67.5. The zero-order valence-corrected chi connectivity index (χ0v) is 58.3. The van der Waals surface area contributed by atoms with Gasteiger partial charge in [-0.3, -0.25) is 4.79 Å². The van der Waals surface area contributed by atoms with Crippen molar-refractivity contribution in [3.05, 3.63) is 24.3 Å². The molecule has 3 aliphatic heterocycles. The van der Waals surface area contributed by atoms with Crippen molar-refractivity contribution in [2.75, 3.05) is 26.4 Å². The minimum absolute atomic E-state index is 0.243. The van der Waals surface area contributed by atoms with Crippen LogP contribution in [0.1, 0.15) is 309 Å². The Morgan fingerprint density at radius 1 is 0.387 bits per heavy atom. The molecule has 3 saturated heterocycles. The number of unbranched alkanes of at least 4 members (excludes halogenated alkanes) is 40. The van der Waals surface area contributed by atoms with Gasteiger partial charge in [0.1, 0.15) is 73.2 Å². The fraction of sp³-hybridized carbons (Fsp3) is 0.932. The molecule has 93 heavy (non-hydrogen) atoms. The van der Waals surface area contributed by atoms with E-state index in [0.717, 1.165) is 57.8 Å². The van der Waals surface area contributed by atoms with Crippen LogP contribution >= 0.6 is 0 Å². The first-order valence-corrected chi connectivity index (χ1v) is 38.1. The lowest BCUT2D eigenvalue weighted by Gasteiger charge is -2.48. The lowest BCUT2D eigenvalue weighted by Crippen LogP contribution is -2.66. The summed E-state index contributed by atoms with van der Waals surface area (Å²) in [6, 6.07) is -0.890. The minimum Gasteiger partial charge on any atom is -0.394 e. The van der Waals surface area contributed by atoms with Crippen LogP contribution in [0.4, 0.5) is 0 Å². The Morgan fingerprint density at radius 2 is 0.710 bits per heavy atom. The van der Waals surface area contributed by atoms with Gasteiger partial charge in [0, 0.05) is 6.42 Å². The van der Waals surface area contributed by atoms with Crippen LogP contribution in [0.15, 0.2) is 24.3 Å². The molecule has 0 aromatic carbocycles. The molecule has 0 saturated carbocycles. The summed E-state index contributed by atoms with van der Waals surface area (Å²) in [4.78, 5) is 13.4. The van der Waals surface area contributed by atoms with E-state index in [-0.39, 0.29) is 18.9 Å². The van der Waals surface area contributed by atoms with Crippen molar-refractivity contribution >= 4 is 5.91 Å². The van der Waals surface area contributed by atoms with Crippen molar-refractivity contribution in [2.45, 2.75) is 413 Å². The Labute approximate surface area is 562 Å². The van der Waals surface area contributed by atoms with E-state index in [2.05, 4.69) is 43.5 Å². The first-order chi connectivity index (χ1) is 45.3. The topological polar surface area (TPSA) is 307 Å². The first-order valence-electron chi connectivity index (χ1n) is 38.1. The summed E-state index contributed by atoms with van der Waals surface area (Å²) in [7, 11) is 0. The monoisotopic (exact) mass is 1330 g/mol. The van der Waals surface area contributed by atoms with E-state index in [4.69, 9.17) is 28.4 Å². The standard InChI is InChI=1S/C74H139NO18/c1-3-5-7-9-11-13-15-17-19-21-23-24-25-26-27-28-29-30-31-32-34-35-37-39-41-43-45-47-49-51-58(79)57(75-62(80)52-50-48-46-44-42-40-38-36-33-22-20-18-16-14-12-10-8-6-4-2)56-88-72-68(86)65(83)70(60(54-77)90-72)93-74-69(87)66(84)71(61(55-78)91-74)92-73-67(85)64(82)63(81)59(53-76)89-73/h12,14,18,20,57-61,63-74,76-79,81-87H,3-11,13,15-17,19,21-56H2,1-2H3,(H,75,80)/b14-12-,20-18-. The third-order valence-electron chi connectivity index (χ3n) is 19.3. The van der Waals surface area contributed by atoms with Crippen molar-refractivity contribution in [3.63, 3.8) is 0 Å². The molecule has 12 N–H and O–H groups in total. The van der Waals surface area contributed by atoms with E-state index in [1.165, 1.54) is 218 Å². The lowest BCUT2D eigenvalue weighted by atomic mass is 9.96. The summed E-state index contributed by atoms with van der Waals surface area (Å²) in [5, 5.41) is 121. The van der Waals surface area contributed by atoms with Crippen LogP contribution in [0.3, 0.4) is 0 Å². The molecule has 3 heterocycles. The quantitative estimate of drug-likeness (QED) is 0.0199. The van der Waals surface area contributed by atoms with Crippen molar-refractivity contribution in [1.82, 2.24) is 5.32 Å². The molecule has 0 aromatic rings. The molecule has 0 bridgehead atoms. The molecule has 3 fully saturated rings. The van der Waals surface area contributed by atoms with Crippen LogP contribution in [0.2, 0.25) is 0 Å². The Bertz CT molecular complexity index is 1780. The molecule has 19 nitrogen and oxygen atoms in total. The maximum Gasteiger partial charge on any atom is 0.220 e. The number of allylic oxidation sites excluding steroid dienone is 4. The Kier molecular flexibility index (Phi) is 51.5. The van der Waals surface area contributed by atoms with Gasteiger partial charge in [-0.25, -0.2) is 0 Å². The maximum absolute atomic E-state index is 13.4. The van der Waals surface area contributed by atoms with Gasteiger partial charge in [0.15, 0.2) is 18.9 Å². The zero-order valence-electron chi connectivity index (χ0n) is 58.3. The van der Waals surface area contributed by atoms with Gasteiger partial charge >= 0.3 is 0 Å². The van der Waals surface area contributed by atoms with E-state index in [1.807, 2.05) is 0 Å². The van der Waals surface area contributed by atoms with Crippen LogP contribution in [-0.2, 0) is 33.2 Å². The molecule has 17 unspecified atom stereocenters. The smallest absolute Gasteiger partial charge is 0.220 e. The number of ether oxygens (including phenoxy) is 6. The van der Waals surface area contributed by atoms with Crippen LogP contribution in [0.25, 0.3) is 0 Å². The fourth-order valence-electron chi connectivity index (χ4n) is 13.1. The predicted octanol–water partition coefficient (Wildman–Crippen LogP) is 11.4. The summed E-state index contributed by atoms with van der Waals surface area (Å²) < 4.78 is 34.5. The van der Waals surface area contributed by atoms with Gasteiger partial charge in [-0.05, 0) is 44.9 Å². The van der Waals surface area contributed by atoms with Crippen molar-refractivity contribution < 1.29 is 89.4 Å². The van der Waals surface area contributed by atoms with Gasteiger partial charge in [0.25, 0.3) is 0 Å². The SMILES string of the molecule is CCCCC/C=C\C/C=C\CCCCCCCCCCCC(=O)NC(COC1OC(CO)C(OC2OC(CO)C(OC3OC(CO)C(O)C(O)C3O)C(O)C2O)C(O)C1O)C(O)CCCCCCCCCCCCCCCCCCCCCCCCCCCCCCC. The van der Waals surface area contributed by atoms with Crippen molar-refractivity contribution in [1.29, 1.82) is 0 Å². The first kappa shape index (κ1) is 85.5. The summed E-state index contributed by atoms with van der Waals surface area (Å²) in [6.07, 6.45) is 38.3. The van der Waals surface area contributed by atoms with Gasteiger partial charge in [0.2, 0.25) is 5.91 Å². The summed E-state index contributed by atoms with van der Waals surface area (Å²) >= 11 is 0. The average Bonchev–Trinajstić information content (AvgIpc) is 0.985. The molecule has 0 aliphatic carbocycles. The van der Waals surface area contributed by atoms with Gasteiger partial charge < -0.3 is 89.9 Å². The van der Waals surface area contributed by atoms with Crippen molar-refractivity contribution in [2.24, 2.45) is 0 Å². The molecule has 3 rings (SSSR count). The van der Waals surface area contributed by atoms with Crippen molar-refractivity contribution in [3.8, 4) is 0 Å². The number of rotatable bonds is 60. The van der Waals surface area contributed by atoms with Crippen LogP contribution < -0.4 is 5.32 Å². The molecular weight excluding hydrogens is 1190 g/mol. The predicted molar refractivity (Wildman–Crippen MR) is 365 cm³/mol. The minimum atomic E-state index is -1.97. The molecule has 17 atom stereocenters. The van der Waals surface area contributed by atoms with Crippen LogP contribution in [-0.4, -0.2) is 193 Å². The van der Waals surface area contributed by atoms with E-state index in [0.29, 0.717) is 12.8 Å². The van der Waals surface area contributed by atoms with E-state index in [9.17, 15) is 61.0 Å². The fourth-order valence-corrected chi connectivity index (χ4v) is 13.1. The summed E-state index contributed by atoms with van der Waals surface area (Å²) in [6.45, 7) is 1.81. The van der Waals surface area contributed by atoms with E-state index in [1.54, 1.807) is 0 Å². The third kappa shape index (κ3) is 37.3. The number of hydrogen-bond donors (Lipinski definition) is 12. The largest absolute Gasteiger partial charge is 0.394 e. The van der Waals surface area contributed by atoms with E-state index < -0.39 is 124 Å². The highest BCUT2D eigenvalue weighted by Crippen LogP contribution is 2.33. The average molecular weight is 1330 g/mol. The number of carbonyl (C=O) groups excluding carboxylic acids is 1. The third-order valence-corrected chi connectivity index (χ3v) is 19.3. The molecule has 548 valence electrons. The van der Waals surface area contributed by atoms with E-state index >= 15 is 0 Å². The second kappa shape index (κ2) is 56.1. The molecule has 0 aromatic heterocycles. The second-order valence-electron chi connectivity index (χ2n) is 27.5. The molecule has 0 spiro atoms. The molecule has 19 heteroatoms. The Balaban J connectivity index is 1.38. The number of nitrogens with one attached hydrogen (secondary N) is 1. The number of carbonyl (C=O) groups is 1. The maximum atomic E-state index is 13.4. The highest BCUT2D eigenvalue weighted by molar-refractivity contribution is 5.76. The highest BCUT2D eigenvalue weighted by Gasteiger charge is 2.53. The van der Waals surface area contributed by atoms with Crippen LogP contribution in [0.5, 0.6) is 0 Å². The van der Waals surface area contributed by atoms with Gasteiger partial charge in [-0.1, -0.05) is 282 Å². The number of aliphatic hydroxyl groups excluding tert-OH is 11. The second-order valence-corrected chi connectivity index (χ2v) is 27.5. The number of aliphatic hydroxyl groups is 11. The summed E-state index contributed by atoms with van der Waals surface area (Å²) in [5.41, 5.74) is 0. The molecule has 1 amide bonds. The highest BCUT2D eigenvalue weighted by atomic mass is 16.8. The molecule has 0 radical (unpaired) electrons. The number of hydrogen-bond acceptors (Lipinski definition) is 18. The molecule has 3 aliphatic rings. The lowest BCUT2D eigenvalue weighted by molar-refractivity contribution is -0.379. The van der Waals surface area contributed by atoms with Crippen LogP contribution in [0, 0.1) is 0 Å². The number of amides is 1. The van der Waals surface area contributed by atoms with Gasteiger partial charge in [-0.15, -0.1) is 0 Å². The van der Waals surface area contributed by atoms with Gasteiger partial charge in [-0.2, -0.15) is 0 Å². The normalized spacial score (nSPS) is 27.6. The molecular formula is C74H139NO18. The summed E-state index contributed by atoms with van der Waals surface area (Å²) in [5.74, 6) is -0.243.